The Hall–Kier alpha value is -4.17. The van der Waals surface area contributed by atoms with E-state index in [-0.39, 0.29) is 35.2 Å². The number of methoxy groups -OCH3 is 1. The van der Waals surface area contributed by atoms with Gasteiger partial charge in [0, 0.05) is 32.9 Å². The lowest BCUT2D eigenvalue weighted by Crippen LogP contribution is -2.55. The van der Waals surface area contributed by atoms with Crippen LogP contribution in [0.25, 0.3) is 11.3 Å². The number of nitriles is 1. The molecule has 0 bridgehead atoms. The third-order valence-corrected chi connectivity index (χ3v) is 7.58. The number of ether oxygens (including phenoxy) is 1. The Labute approximate surface area is 236 Å². The van der Waals surface area contributed by atoms with Crippen LogP contribution in [0.2, 0.25) is 0 Å². The number of nitrogens with one attached hydrogen (secondary N) is 1. The topological polar surface area (TPSA) is 116 Å². The standard InChI is InChI=1S/C28H29ClFN7O3/c1-14(2)36-21(19-13-33-28(35(3)4)34-26(19)40-5)10-18-24(36)23(15-6-7-16(11-31)20(30)8-15)37(27(18)39)22-9-17(29)12-32-25(22)38/h6-8,10,13-14,17,22-23H,9,12H2,1-5H3,(H,32,38). The van der Waals surface area contributed by atoms with Crippen LogP contribution in [-0.2, 0) is 4.79 Å². The lowest BCUT2D eigenvalue weighted by molar-refractivity contribution is -0.127. The Morgan fingerprint density at radius 3 is 2.62 bits per heavy atom. The summed E-state index contributed by atoms with van der Waals surface area (Å²) in [6.45, 7) is 4.24. The predicted octanol–water partition coefficient (Wildman–Crippen LogP) is 3.65. The number of aromatic nitrogens is 3. The number of piperidine rings is 1. The minimum absolute atomic E-state index is 0.112. The monoisotopic (exact) mass is 565 g/mol. The van der Waals surface area contributed by atoms with Gasteiger partial charge in [0.25, 0.3) is 5.91 Å². The minimum Gasteiger partial charge on any atom is -0.480 e. The Balaban J connectivity index is 1.75. The van der Waals surface area contributed by atoms with E-state index in [4.69, 9.17) is 16.3 Å². The third-order valence-electron chi connectivity index (χ3n) is 7.25. The van der Waals surface area contributed by atoms with Gasteiger partial charge in [-0.1, -0.05) is 6.07 Å². The van der Waals surface area contributed by atoms with Crippen molar-refractivity contribution in [2.45, 2.75) is 43.8 Å². The molecule has 208 valence electrons. The number of amides is 2. The van der Waals surface area contributed by atoms with Crippen molar-refractivity contribution in [2.75, 3.05) is 32.6 Å². The molecule has 2 aliphatic rings. The zero-order valence-corrected chi connectivity index (χ0v) is 23.5. The summed E-state index contributed by atoms with van der Waals surface area (Å²) in [4.78, 5) is 39.4. The normalized spacial score (nSPS) is 20.4. The van der Waals surface area contributed by atoms with Gasteiger partial charge < -0.3 is 24.4 Å². The molecular weight excluding hydrogens is 537 g/mol. The maximum absolute atomic E-state index is 14.9. The molecule has 0 saturated carbocycles. The average molecular weight is 566 g/mol. The Morgan fingerprint density at radius 2 is 2.00 bits per heavy atom. The van der Waals surface area contributed by atoms with Crippen molar-refractivity contribution in [1.82, 2.24) is 24.8 Å². The number of carbonyl (C=O) groups is 2. The first-order valence-corrected chi connectivity index (χ1v) is 13.3. The molecule has 5 rings (SSSR count). The predicted molar refractivity (Wildman–Crippen MR) is 147 cm³/mol. The van der Waals surface area contributed by atoms with Crippen LogP contribution in [0.5, 0.6) is 5.88 Å². The first-order valence-electron chi connectivity index (χ1n) is 12.8. The number of benzene rings is 1. The van der Waals surface area contributed by atoms with Crippen LogP contribution in [0, 0.1) is 17.1 Å². The number of alkyl halides is 1. The van der Waals surface area contributed by atoms with E-state index >= 15 is 0 Å². The molecule has 10 nitrogen and oxygen atoms in total. The van der Waals surface area contributed by atoms with Crippen molar-refractivity contribution in [3.05, 3.63) is 58.7 Å². The average Bonchev–Trinajstić information content (AvgIpc) is 3.44. The van der Waals surface area contributed by atoms with Gasteiger partial charge in [0.2, 0.25) is 17.7 Å². The second-order valence-electron chi connectivity index (χ2n) is 10.3. The molecule has 0 radical (unpaired) electrons. The summed E-state index contributed by atoms with van der Waals surface area (Å²) >= 11 is 6.42. The van der Waals surface area contributed by atoms with E-state index in [0.717, 1.165) is 0 Å². The first kappa shape index (κ1) is 27.4. The van der Waals surface area contributed by atoms with Crippen molar-refractivity contribution in [2.24, 2.45) is 0 Å². The lowest BCUT2D eigenvalue weighted by Gasteiger charge is -2.37. The van der Waals surface area contributed by atoms with Crippen LogP contribution in [0.15, 0.2) is 30.5 Å². The highest BCUT2D eigenvalue weighted by atomic mass is 35.5. The summed E-state index contributed by atoms with van der Waals surface area (Å²) in [5.41, 5.74) is 2.53. The Kier molecular flexibility index (Phi) is 7.14. The van der Waals surface area contributed by atoms with E-state index < -0.39 is 17.9 Å². The number of anilines is 1. The maximum atomic E-state index is 14.9. The zero-order valence-electron chi connectivity index (χ0n) is 22.8. The molecular formula is C28H29ClFN7O3. The number of hydrogen-bond donors (Lipinski definition) is 1. The SMILES string of the molecule is COc1nc(N(C)C)ncc1-c1cc2c(n1C(C)C)C(c1ccc(C#N)c(F)c1)N(C1CC(Cl)CNC1=O)C2=O. The van der Waals surface area contributed by atoms with Crippen molar-refractivity contribution in [3.63, 3.8) is 0 Å². The fourth-order valence-corrected chi connectivity index (χ4v) is 5.73. The summed E-state index contributed by atoms with van der Waals surface area (Å²) in [6.07, 6.45) is 1.90. The smallest absolute Gasteiger partial charge is 0.257 e. The van der Waals surface area contributed by atoms with Crippen molar-refractivity contribution >= 4 is 29.4 Å². The van der Waals surface area contributed by atoms with Gasteiger partial charge in [-0.25, -0.2) is 9.37 Å². The fraction of sp³-hybridized carbons (Fsp3) is 0.393. The molecule has 12 heteroatoms. The van der Waals surface area contributed by atoms with E-state index in [1.807, 2.05) is 38.6 Å². The molecule has 1 N–H and O–H groups in total. The van der Waals surface area contributed by atoms with Crippen LogP contribution >= 0.6 is 11.6 Å². The lowest BCUT2D eigenvalue weighted by atomic mass is 9.97. The van der Waals surface area contributed by atoms with E-state index in [9.17, 15) is 19.2 Å². The van der Waals surface area contributed by atoms with Crippen LogP contribution < -0.4 is 15.0 Å². The summed E-state index contributed by atoms with van der Waals surface area (Å²) in [6, 6.07) is 6.01. The molecule has 0 spiro atoms. The first-order chi connectivity index (χ1) is 19.1. The fourth-order valence-electron chi connectivity index (χ4n) is 5.48. The van der Waals surface area contributed by atoms with Crippen molar-refractivity contribution in [1.29, 1.82) is 5.26 Å². The zero-order chi connectivity index (χ0) is 28.9. The second kappa shape index (κ2) is 10.4. The molecule has 1 fully saturated rings. The summed E-state index contributed by atoms with van der Waals surface area (Å²) < 4.78 is 22.5. The molecule has 2 aliphatic heterocycles. The minimum atomic E-state index is -0.860. The molecule has 1 aromatic carbocycles. The van der Waals surface area contributed by atoms with Crippen LogP contribution in [0.3, 0.4) is 0 Å². The number of halogens is 2. The van der Waals surface area contributed by atoms with E-state index in [1.54, 1.807) is 23.2 Å². The highest BCUT2D eigenvalue weighted by Crippen LogP contribution is 2.47. The van der Waals surface area contributed by atoms with Gasteiger partial charge in [0.05, 0.1) is 46.6 Å². The summed E-state index contributed by atoms with van der Waals surface area (Å²) in [5, 5.41) is 11.7. The second-order valence-corrected chi connectivity index (χ2v) is 11.0. The third kappa shape index (κ3) is 4.42. The quantitative estimate of drug-likeness (QED) is 0.453. The van der Waals surface area contributed by atoms with Gasteiger partial charge in [-0.2, -0.15) is 10.2 Å². The summed E-state index contributed by atoms with van der Waals surface area (Å²) in [5.74, 6) is -0.607. The van der Waals surface area contributed by atoms with Gasteiger partial charge in [-0.3, -0.25) is 9.59 Å². The number of carbonyl (C=O) groups excluding carboxylic acids is 2. The van der Waals surface area contributed by atoms with Gasteiger partial charge in [0.1, 0.15) is 17.9 Å². The van der Waals surface area contributed by atoms with Crippen LogP contribution in [0.1, 0.15) is 59.5 Å². The van der Waals surface area contributed by atoms with Gasteiger partial charge in [-0.05, 0) is 44.0 Å². The number of hydrogen-bond acceptors (Lipinski definition) is 7. The molecule has 3 unspecified atom stereocenters. The van der Waals surface area contributed by atoms with Crippen molar-refractivity contribution < 1.29 is 18.7 Å². The van der Waals surface area contributed by atoms with Gasteiger partial charge in [0.15, 0.2) is 0 Å². The van der Waals surface area contributed by atoms with E-state index in [2.05, 4.69) is 15.3 Å². The van der Waals surface area contributed by atoms with Crippen molar-refractivity contribution in [3.8, 4) is 23.2 Å². The van der Waals surface area contributed by atoms with Crippen LogP contribution in [0.4, 0.5) is 10.3 Å². The molecule has 2 amide bonds. The highest BCUT2D eigenvalue weighted by Gasteiger charge is 2.48. The molecule has 1 saturated heterocycles. The largest absolute Gasteiger partial charge is 0.480 e. The van der Waals surface area contributed by atoms with E-state index in [0.29, 0.717) is 46.5 Å². The molecule has 40 heavy (non-hydrogen) atoms. The summed E-state index contributed by atoms with van der Waals surface area (Å²) in [7, 11) is 5.16. The number of fused-ring (bicyclic) bond motifs is 1. The maximum Gasteiger partial charge on any atom is 0.257 e. The number of rotatable bonds is 6. The van der Waals surface area contributed by atoms with Crippen LogP contribution in [-0.4, -0.2) is 70.4 Å². The molecule has 4 heterocycles. The molecule has 2 aromatic heterocycles. The molecule has 3 atom stereocenters. The molecule has 3 aromatic rings. The number of nitrogens with zero attached hydrogens (tertiary/aromatic N) is 6. The Bertz CT molecular complexity index is 1550. The van der Waals surface area contributed by atoms with Gasteiger partial charge in [-0.15, -0.1) is 11.6 Å². The van der Waals surface area contributed by atoms with E-state index in [1.165, 1.54) is 24.1 Å². The molecule has 0 aliphatic carbocycles. The Morgan fingerprint density at radius 1 is 1.25 bits per heavy atom. The van der Waals surface area contributed by atoms with Gasteiger partial charge >= 0.3 is 0 Å². The highest BCUT2D eigenvalue weighted by molar-refractivity contribution is 6.21.